The van der Waals surface area contributed by atoms with Crippen LogP contribution in [0.2, 0.25) is 0 Å². The molecule has 0 aliphatic carbocycles. The number of hydrogen-bond acceptors (Lipinski definition) is 5. The van der Waals surface area contributed by atoms with Gasteiger partial charge in [0.2, 0.25) is 5.91 Å². The van der Waals surface area contributed by atoms with Crippen molar-refractivity contribution in [3.8, 4) is 0 Å². The number of aryl methyl sites for hydroxylation is 1. The first-order chi connectivity index (χ1) is 12.2. The Bertz CT molecular complexity index is 598. The lowest BCUT2D eigenvalue weighted by atomic mass is 9.97. The Labute approximate surface area is 153 Å². The highest BCUT2D eigenvalue weighted by Gasteiger charge is 2.27. The quantitative estimate of drug-likeness (QED) is 0.807. The van der Waals surface area contributed by atoms with Crippen LogP contribution in [0.1, 0.15) is 53.7 Å². The van der Waals surface area contributed by atoms with Crippen LogP contribution in [0.5, 0.6) is 0 Å². The molecule has 0 radical (unpaired) electrons. The first-order valence-electron chi connectivity index (χ1n) is 9.42. The second-order valence-electron chi connectivity index (χ2n) is 7.02. The Kier molecular flexibility index (Phi) is 6.42. The van der Waals surface area contributed by atoms with Gasteiger partial charge in [-0.2, -0.15) is 0 Å². The number of amides is 2. The van der Waals surface area contributed by atoms with Crippen LogP contribution in [-0.4, -0.2) is 53.9 Å². The molecular weight excluding hydrogens is 336 g/mol. The number of carbonyl (C=O) groups is 2. The minimum Gasteiger partial charge on any atom is -0.354 e. The Morgan fingerprint density at radius 3 is 3.04 bits per heavy atom. The maximum Gasteiger partial charge on any atom is 0.265 e. The van der Waals surface area contributed by atoms with Gasteiger partial charge in [0.25, 0.3) is 5.91 Å². The zero-order valence-corrected chi connectivity index (χ0v) is 15.7. The number of likely N-dealkylation sites (tertiary alicyclic amines) is 1. The largest absolute Gasteiger partial charge is 0.354 e. The summed E-state index contributed by atoms with van der Waals surface area (Å²) in [6.07, 6.45) is 7.74. The van der Waals surface area contributed by atoms with Crippen molar-refractivity contribution in [2.24, 2.45) is 5.92 Å². The van der Waals surface area contributed by atoms with E-state index in [0.717, 1.165) is 68.0 Å². The molecule has 2 unspecified atom stereocenters. The molecule has 1 aromatic heterocycles. The van der Waals surface area contributed by atoms with E-state index in [0.29, 0.717) is 12.5 Å². The highest BCUT2D eigenvalue weighted by molar-refractivity contribution is 7.13. The van der Waals surface area contributed by atoms with Gasteiger partial charge in [-0.05, 0) is 51.0 Å². The first-order valence-corrected chi connectivity index (χ1v) is 10.2. The fraction of sp³-hybridized carbons (Fsp3) is 0.722. The van der Waals surface area contributed by atoms with Crippen molar-refractivity contribution in [1.82, 2.24) is 20.5 Å². The number of thiazole rings is 1. The number of rotatable bonds is 6. The average molecular weight is 365 g/mol. The van der Waals surface area contributed by atoms with Crippen LogP contribution in [0.3, 0.4) is 0 Å². The molecule has 0 aromatic carbocycles. The fourth-order valence-electron chi connectivity index (χ4n) is 3.59. The standard InChI is InChI=1S/C18H28N4O2S/c1-2-5-16-20-11-15(25-16)18(24)22-9-4-6-13(12-22)10-21-17(23)14-7-3-8-19-14/h11,13-14,19H,2-10,12H2,1H3,(H,21,23). The highest BCUT2D eigenvalue weighted by atomic mass is 32.1. The smallest absolute Gasteiger partial charge is 0.265 e. The molecule has 138 valence electrons. The molecule has 3 rings (SSSR count). The summed E-state index contributed by atoms with van der Waals surface area (Å²) in [6.45, 7) is 5.23. The minimum atomic E-state index is -0.0319. The van der Waals surface area contributed by atoms with Crippen LogP contribution in [0.4, 0.5) is 0 Å². The van der Waals surface area contributed by atoms with Crippen LogP contribution in [0, 0.1) is 5.92 Å². The Morgan fingerprint density at radius 2 is 2.28 bits per heavy atom. The van der Waals surface area contributed by atoms with Gasteiger partial charge in [0.15, 0.2) is 0 Å². The zero-order chi connectivity index (χ0) is 17.6. The fourth-order valence-corrected chi connectivity index (χ4v) is 4.57. The number of hydrogen-bond donors (Lipinski definition) is 2. The van der Waals surface area contributed by atoms with Crippen LogP contribution < -0.4 is 10.6 Å². The molecule has 0 spiro atoms. The number of aromatic nitrogens is 1. The van der Waals surface area contributed by atoms with Gasteiger partial charge in [-0.1, -0.05) is 6.92 Å². The highest BCUT2D eigenvalue weighted by Crippen LogP contribution is 2.21. The lowest BCUT2D eigenvalue weighted by molar-refractivity contribution is -0.123. The van der Waals surface area contributed by atoms with E-state index in [9.17, 15) is 9.59 Å². The molecule has 2 atom stereocenters. The van der Waals surface area contributed by atoms with Gasteiger partial charge in [0, 0.05) is 19.6 Å². The normalized spacial score (nSPS) is 23.6. The van der Waals surface area contributed by atoms with Gasteiger partial charge < -0.3 is 15.5 Å². The van der Waals surface area contributed by atoms with E-state index >= 15 is 0 Å². The van der Waals surface area contributed by atoms with Gasteiger partial charge >= 0.3 is 0 Å². The van der Waals surface area contributed by atoms with E-state index < -0.39 is 0 Å². The summed E-state index contributed by atoms with van der Waals surface area (Å²) < 4.78 is 0. The van der Waals surface area contributed by atoms with Crippen molar-refractivity contribution < 1.29 is 9.59 Å². The summed E-state index contributed by atoms with van der Waals surface area (Å²) in [5.74, 6) is 0.534. The molecule has 0 saturated carbocycles. The van der Waals surface area contributed by atoms with E-state index in [4.69, 9.17) is 0 Å². The maximum absolute atomic E-state index is 12.7. The Morgan fingerprint density at radius 1 is 1.40 bits per heavy atom. The summed E-state index contributed by atoms with van der Waals surface area (Å²) in [5.41, 5.74) is 0. The molecule has 2 amide bonds. The third-order valence-corrected chi connectivity index (χ3v) is 6.02. The topological polar surface area (TPSA) is 74.3 Å². The van der Waals surface area contributed by atoms with Crippen molar-refractivity contribution in [2.45, 2.75) is 51.5 Å². The van der Waals surface area contributed by atoms with Gasteiger partial charge in [-0.25, -0.2) is 4.98 Å². The third kappa shape index (κ3) is 4.79. The number of piperidine rings is 1. The van der Waals surface area contributed by atoms with Crippen LogP contribution in [0.25, 0.3) is 0 Å². The molecule has 3 heterocycles. The van der Waals surface area contributed by atoms with Crippen molar-refractivity contribution >= 4 is 23.2 Å². The molecule has 7 heteroatoms. The number of carbonyl (C=O) groups excluding carboxylic acids is 2. The van der Waals surface area contributed by atoms with E-state index in [1.807, 2.05) is 4.90 Å². The van der Waals surface area contributed by atoms with Gasteiger partial charge in [-0.15, -0.1) is 11.3 Å². The molecule has 2 fully saturated rings. The van der Waals surface area contributed by atoms with Gasteiger partial charge in [0.05, 0.1) is 17.2 Å². The van der Waals surface area contributed by atoms with E-state index in [1.54, 1.807) is 6.20 Å². The second-order valence-corrected chi connectivity index (χ2v) is 8.14. The summed E-state index contributed by atoms with van der Waals surface area (Å²) in [4.78, 5) is 31.9. The van der Waals surface area contributed by atoms with Crippen LogP contribution in [0.15, 0.2) is 6.20 Å². The summed E-state index contributed by atoms with van der Waals surface area (Å²) in [5, 5.41) is 7.33. The molecule has 0 bridgehead atoms. The predicted octanol–water partition coefficient (Wildman–Crippen LogP) is 1.82. The SMILES string of the molecule is CCCc1ncc(C(=O)N2CCCC(CNC(=O)C3CCCN3)C2)s1. The lowest BCUT2D eigenvalue weighted by Crippen LogP contribution is -2.46. The first kappa shape index (κ1) is 18.3. The van der Waals surface area contributed by atoms with Crippen molar-refractivity contribution in [3.63, 3.8) is 0 Å². The monoisotopic (exact) mass is 364 g/mol. The van der Waals surface area contributed by atoms with E-state index in [2.05, 4.69) is 22.5 Å². The predicted molar refractivity (Wildman–Crippen MR) is 98.8 cm³/mol. The Balaban J connectivity index is 1.49. The third-order valence-electron chi connectivity index (χ3n) is 4.98. The Hall–Kier alpha value is -1.47. The minimum absolute atomic E-state index is 0.0319. The number of nitrogens with zero attached hydrogens (tertiary/aromatic N) is 2. The molecule has 2 saturated heterocycles. The van der Waals surface area contributed by atoms with E-state index in [-0.39, 0.29) is 17.9 Å². The van der Waals surface area contributed by atoms with Gasteiger partial charge in [0.1, 0.15) is 4.88 Å². The van der Waals surface area contributed by atoms with Crippen molar-refractivity contribution in [3.05, 3.63) is 16.1 Å². The molecule has 25 heavy (non-hydrogen) atoms. The molecule has 2 N–H and O–H groups in total. The average Bonchev–Trinajstić information content (AvgIpc) is 3.31. The van der Waals surface area contributed by atoms with Crippen LogP contribution >= 0.6 is 11.3 Å². The van der Waals surface area contributed by atoms with Crippen molar-refractivity contribution in [2.75, 3.05) is 26.2 Å². The van der Waals surface area contributed by atoms with Gasteiger partial charge in [-0.3, -0.25) is 9.59 Å². The van der Waals surface area contributed by atoms with Crippen molar-refractivity contribution in [1.29, 1.82) is 0 Å². The molecular formula is C18H28N4O2S. The van der Waals surface area contributed by atoms with Crippen LogP contribution in [-0.2, 0) is 11.2 Å². The second kappa shape index (κ2) is 8.76. The molecule has 1 aromatic rings. The van der Waals surface area contributed by atoms with E-state index in [1.165, 1.54) is 11.3 Å². The number of nitrogens with one attached hydrogen (secondary N) is 2. The maximum atomic E-state index is 12.7. The zero-order valence-electron chi connectivity index (χ0n) is 14.9. The molecule has 2 aliphatic rings. The summed E-state index contributed by atoms with van der Waals surface area (Å²) >= 11 is 1.52. The molecule has 2 aliphatic heterocycles. The summed E-state index contributed by atoms with van der Waals surface area (Å²) in [6, 6.07) is -0.0319. The lowest BCUT2D eigenvalue weighted by Gasteiger charge is -2.32. The summed E-state index contributed by atoms with van der Waals surface area (Å²) in [7, 11) is 0. The molecule has 6 nitrogen and oxygen atoms in total.